The molecule has 0 heterocycles. The topological polar surface area (TPSA) is 20.2 Å². The first-order valence-corrected chi connectivity index (χ1v) is 7.33. The second-order valence-corrected chi connectivity index (χ2v) is 5.47. The Kier molecular flexibility index (Phi) is 3.79. The molecule has 3 rings (SSSR count). The van der Waals surface area contributed by atoms with Crippen molar-refractivity contribution in [2.24, 2.45) is 0 Å². The van der Waals surface area contributed by atoms with Crippen LogP contribution in [0.1, 0.15) is 41.5 Å². The minimum Gasteiger partial charge on any atom is -0.508 e. The summed E-state index contributed by atoms with van der Waals surface area (Å²) in [7, 11) is 0. The van der Waals surface area contributed by atoms with Gasteiger partial charge in [0.25, 0.3) is 0 Å². The normalized spacial score (nSPS) is 13.5. The van der Waals surface area contributed by atoms with E-state index in [-0.39, 0.29) is 5.75 Å². The molecule has 1 nitrogen and oxygen atoms in total. The Morgan fingerprint density at radius 2 is 1.81 bits per heavy atom. The minimum atomic E-state index is 0.271. The molecule has 0 atom stereocenters. The molecule has 0 aromatic heterocycles. The van der Waals surface area contributed by atoms with Crippen LogP contribution in [0.3, 0.4) is 0 Å². The maximum atomic E-state index is 9.30. The lowest BCUT2D eigenvalue weighted by Crippen LogP contribution is -1.89. The van der Waals surface area contributed by atoms with Gasteiger partial charge in [-0.3, -0.25) is 0 Å². The molecule has 0 saturated carbocycles. The van der Waals surface area contributed by atoms with Gasteiger partial charge < -0.3 is 5.11 Å². The monoisotopic (exact) mass is 274 g/mol. The van der Waals surface area contributed by atoms with Crippen molar-refractivity contribution in [2.75, 3.05) is 0 Å². The standard InChI is InChI=1S/C20H18O/c1-15-6-10-18(20(14-15)17-4-2-3-5-17)11-7-16-8-12-19(21)13-9-16/h4,6,8-10,12-14,21H,2-3,5H2,1H3. The largest absolute Gasteiger partial charge is 0.508 e. The van der Waals surface area contributed by atoms with Gasteiger partial charge in [-0.25, -0.2) is 0 Å². The van der Waals surface area contributed by atoms with E-state index < -0.39 is 0 Å². The number of hydrogen-bond acceptors (Lipinski definition) is 1. The predicted octanol–water partition coefficient (Wildman–Crippen LogP) is 4.67. The zero-order valence-corrected chi connectivity index (χ0v) is 12.2. The first-order chi connectivity index (χ1) is 10.2. The number of benzene rings is 2. The van der Waals surface area contributed by atoms with E-state index in [1.807, 2.05) is 12.1 Å². The molecule has 2 aromatic rings. The summed E-state index contributed by atoms with van der Waals surface area (Å²) in [6.45, 7) is 2.12. The fraction of sp³-hybridized carbons (Fsp3) is 0.200. The van der Waals surface area contributed by atoms with Crippen LogP contribution in [0.25, 0.3) is 5.57 Å². The smallest absolute Gasteiger partial charge is 0.115 e. The summed E-state index contributed by atoms with van der Waals surface area (Å²) in [5, 5.41) is 9.30. The Balaban J connectivity index is 1.97. The summed E-state index contributed by atoms with van der Waals surface area (Å²) in [5.74, 6) is 6.73. The van der Waals surface area contributed by atoms with Crippen LogP contribution in [-0.4, -0.2) is 5.11 Å². The second-order valence-electron chi connectivity index (χ2n) is 5.47. The fourth-order valence-corrected chi connectivity index (χ4v) is 2.63. The summed E-state index contributed by atoms with van der Waals surface area (Å²) in [5.41, 5.74) is 5.97. The van der Waals surface area contributed by atoms with E-state index in [0.717, 1.165) is 17.5 Å². The third-order valence-electron chi connectivity index (χ3n) is 3.77. The quantitative estimate of drug-likeness (QED) is 0.749. The molecule has 0 bridgehead atoms. The zero-order valence-electron chi connectivity index (χ0n) is 12.2. The molecular formula is C20H18O. The molecule has 1 aliphatic rings. The van der Waals surface area contributed by atoms with E-state index in [1.165, 1.54) is 29.5 Å². The molecule has 0 spiro atoms. The summed E-state index contributed by atoms with van der Waals surface area (Å²) >= 11 is 0. The SMILES string of the molecule is Cc1ccc(C#Cc2ccc(O)cc2)c(C2=CCCC2)c1. The Labute approximate surface area is 126 Å². The van der Waals surface area contributed by atoms with Crippen LogP contribution in [0.2, 0.25) is 0 Å². The number of aromatic hydroxyl groups is 1. The molecule has 0 radical (unpaired) electrons. The highest BCUT2D eigenvalue weighted by Crippen LogP contribution is 2.30. The van der Waals surface area contributed by atoms with E-state index in [2.05, 4.69) is 43.0 Å². The number of aryl methyl sites for hydroxylation is 1. The highest BCUT2D eigenvalue weighted by Gasteiger charge is 2.10. The van der Waals surface area contributed by atoms with Crippen LogP contribution in [-0.2, 0) is 0 Å². The molecule has 0 amide bonds. The number of phenols is 1. The average Bonchev–Trinajstić information content (AvgIpc) is 3.02. The van der Waals surface area contributed by atoms with Crippen molar-refractivity contribution in [3.63, 3.8) is 0 Å². The first kappa shape index (κ1) is 13.5. The van der Waals surface area contributed by atoms with Gasteiger partial charge in [-0.05, 0) is 67.7 Å². The van der Waals surface area contributed by atoms with Gasteiger partial charge >= 0.3 is 0 Å². The number of hydrogen-bond donors (Lipinski definition) is 1. The summed E-state index contributed by atoms with van der Waals surface area (Å²) in [6.07, 6.45) is 5.90. The fourth-order valence-electron chi connectivity index (χ4n) is 2.63. The Bertz CT molecular complexity index is 740. The number of phenolic OH excluding ortho intramolecular Hbond substituents is 1. The van der Waals surface area contributed by atoms with Crippen molar-refractivity contribution >= 4 is 5.57 Å². The molecule has 0 unspecified atom stereocenters. The van der Waals surface area contributed by atoms with Crippen molar-refractivity contribution < 1.29 is 5.11 Å². The van der Waals surface area contributed by atoms with Gasteiger partial charge in [-0.1, -0.05) is 35.6 Å². The molecule has 1 aliphatic carbocycles. The van der Waals surface area contributed by atoms with Crippen LogP contribution in [0.5, 0.6) is 5.75 Å². The summed E-state index contributed by atoms with van der Waals surface area (Å²) in [6, 6.07) is 13.5. The van der Waals surface area contributed by atoms with Crippen LogP contribution in [0.15, 0.2) is 48.5 Å². The van der Waals surface area contributed by atoms with Crippen molar-refractivity contribution in [3.8, 4) is 17.6 Å². The molecular weight excluding hydrogens is 256 g/mol. The van der Waals surface area contributed by atoms with Crippen LogP contribution in [0.4, 0.5) is 0 Å². The minimum absolute atomic E-state index is 0.271. The molecule has 0 aliphatic heterocycles. The maximum absolute atomic E-state index is 9.30. The van der Waals surface area contributed by atoms with Crippen LogP contribution < -0.4 is 0 Å². The molecule has 1 heteroatoms. The van der Waals surface area contributed by atoms with Gasteiger partial charge in [0.05, 0.1) is 0 Å². The lowest BCUT2D eigenvalue weighted by Gasteiger charge is -2.07. The van der Waals surface area contributed by atoms with Gasteiger partial charge in [0, 0.05) is 11.1 Å². The van der Waals surface area contributed by atoms with E-state index >= 15 is 0 Å². The Morgan fingerprint density at radius 1 is 1.00 bits per heavy atom. The number of rotatable bonds is 1. The van der Waals surface area contributed by atoms with Gasteiger partial charge in [0.2, 0.25) is 0 Å². The van der Waals surface area contributed by atoms with Crippen molar-refractivity contribution in [3.05, 3.63) is 70.8 Å². The molecule has 1 N–H and O–H groups in total. The van der Waals surface area contributed by atoms with E-state index in [4.69, 9.17) is 0 Å². The van der Waals surface area contributed by atoms with Crippen molar-refractivity contribution in [2.45, 2.75) is 26.2 Å². The van der Waals surface area contributed by atoms with Crippen molar-refractivity contribution in [1.29, 1.82) is 0 Å². The average molecular weight is 274 g/mol. The third kappa shape index (κ3) is 3.17. The Hall–Kier alpha value is -2.46. The lowest BCUT2D eigenvalue weighted by molar-refractivity contribution is 0.475. The predicted molar refractivity (Wildman–Crippen MR) is 87.1 cm³/mol. The number of allylic oxidation sites excluding steroid dienone is 2. The van der Waals surface area contributed by atoms with Gasteiger partial charge in [0.1, 0.15) is 5.75 Å². The lowest BCUT2D eigenvalue weighted by atomic mass is 9.97. The summed E-state index contributed by atoms with van der Waals surface area (Å²) < 4.78 is 0. The molecule has 104 valence electrons. The highest BCUT2D eigenvalue weighted by atomic mass is 16.3. The molecule has 0 fully saturated rings. The highest BCUT2D eigenvalue weighted by molar-refractivity contribution is 5.73. The van der Waals surface area contributed by atoms with Crippen LogP contribution in [0, 0.1) is 18.8 Å². The van der Waals surface area contributed by atoms with Gasteiger partial charge in [0.15, 0.2) is 0 Å². The molecule has 21 heavy (non-hydrogen) atoms. The molecule has 2 aromatic carbocycles. The summed E-state index contributed by atoms with van der Waals surface area (Å²) in [4.78, 5) is 0. The van der Waals surface area contributed by atoms with Crippen molar-refractivity contribution in [1.82, 2.24) is 0 Å². The van der Waals surface area contributed by atoms with E-state index in [0.29, 0.717) is 0 Å². The first-order valence-electron chi connectivity index (χ1n) is 7.33. The van der Waals surface area contributed by atoms with Gasteiger partial charge in [-0.2, -0.15) is 0 Å². The Morgan fingerprint density at radius 3 is 2.52 bits per heavy atom. The third-order valence-corrected chi connectivity index (χ3v) is 3.77. The van der Waals surface area contributed by atoms with Gasteiger partial charge in [-0.15, -0.1) is 0 Å². The van der Waals surface area contributed by atoms with Crippen LogP contribution >= 0.6 is 0 Å². The van der Waals surface area contributed by atoms with E-state index in [9.17, 15) is 5.11 Å². The van der Waals surface area contributed by atoms with E-state index in [1.54, 1.807) is 12.1 Å². The second kappa shape index (κ2) is 5.89. The zero-order chi connectivity index (χ0) is 14.7. The molecule has 0 saturated heterocycles. The maximum Gasteiger partial charge on any atom is 0.115 e.